The Labute approximate surface area is 118 Å². The van der Waals surface area contributed by atoms with Crippen molar-refractivity contribution in [3.63, 3.8) is 0 Å². The molecule has 0 bridgehead atoms. The lowest BCUT2D eigenvalue weighted by Gasteiger charge is -2.38. The summed E-state index contributed by atoms with van der Waals surface area (Å²) in [6.45, 7) is 2.47. The molecule has 0 aromatic carbocycles. The van der Waals surface area contributed by atoms with Crippen molar-refractivity contribution in [2.45, 2.75) is 32.6 Å². The van der Waals surface area contributed by atoms with Crippen molar-refractivity contribution in [2.24, 2.45) is 5.41 Å². The maximum absolute atomic E-state index is 12.0. The van der Waals surface area contributed by atoms with Crippen molar-refractivity contribution in [3.05, 3.63) is 0 Å². The summed E-state index contributed by atoms with van der Waals surface area (Å²) in [5.41, 5.74) is -0.819. The van der Waals surface area contributed by atoms with Gasteiger partial charge in [0.1, 0.15) is 6.54 Å². The molecule has 0 radical (unpaired) electrons. The Kier molecular flexibility index (Phi) is 5.79. The lowest BCUT2D eigenvalue weighted by molar-refractivity contribution is -0.153. The zero-order valence-electron chi connectivity index (χ0n) is 12.1. The minimum Gasteiger partial charge on any atom is -0.481 e. The number of aliphatic carboxylic acids is 1. The van der Waals surface area contributed by atoms with Gasteiger partial charge >= 0.3 is 12.0 Å². The fourth-order valence-corrected chi connectivity index (χ4v) is 2.20. The number of carboxylic acids is 1. The molecule has 0 spiro atoms. The van der Waals surface area contributed by atoms with Crippen LogP contribution in [0.4, 0.5) is 4.79 Å². The van der Waals surface area contributed by atoms with Crippen molar-refractivity contribution in [2.75, 3.05) is 26.7 Å². The van der Waals surface area contributed by atoms with Crippen molar-refractivity contribution < 1.29 is 19.5 Å². The Bertz CT molecular complexity index is 380. The van der Waals surface area contributed by atoms with Crippen molar-refractivity contribution in [1.29, 1.82) is 0 Å². The number of amides is 3. The van der Waals surface area contributed by atoms with Crippen LogP contribution in [-0.2, 0) is 9.59 Å². The number of nitrogens with one attached hydrogen (secondary N) is 2. The number of carbonyl (C=O) groups excluding carboxylic acids is 2. The van der Waals surface area contributed by atoms with E-state index < -0.39 is 11.4 Å². The summed E-state index contributed by atoms with van der Waals surface area (Å²) in [5.74, 6) is -1.11. The van der Waals surface area contributed by atoms with Gasteiger partial charge in [0.2, 0.25) is 5.91 Å². The van der Waals surface area contributed by atoms with Crippen LogP contribution in [0.15, 0.2) is 0 Å². The lowest BCUT2D eigenvalue weighted by Crippen LogP contribution is -2.52. The fraction of sp³-hybridized carbons (Fsp3) is 0.769. The third-order valence-corrected chi connectivity index (χ3v) is 3.74. The number of carboxylic acid groups (broad SMARTS) is 1. The second-order valence-corrected chi connectivity index (χ2v) is 5.19. The van der Waals surface area contributed by atoms with Gasteiger partial charge in [0.25, 0.3) is 0 Å². The van der Waals surface area contributed by atoms with E-state index in [1.54, 1.807) is 0 Å². The maximum Gasteiger partial charge on any atom is 0.317 e. The first-order valence-corrected chi connectivity index (χ1v) is 6.92. The molecule has 1 aliphatic rings. The quantitative estimate of drug-likeness (QED) is 0.631. The van der Waals surface area contributed by atoms with E-state index in [1.165, 1.54) is 11.9 Å². The highest BCUT2D eigenvalue weighted by molar-refractivity contribution is 5.84. The average molecular weight is 285 g/mol. The van der Waals surface area contributed by atoms with Gasteiger partial charge in [-0.1, -0.05) is 13.3 Å². The molecule has 1 fully saturated rings. The van der Waals surface area contributed by atoms with E-state index in [1.807, 2.05) is 6.92 Å². The normalized spacial score (nSPS) is 15.9. The zero-order chi connectivity index (χ0) is 15.2. The van der Waals surface area contributed by atoms with Gasteiger partial charge in [-0.05, 0) is 19.3 Å². The van der Waals surface area contributed by atoms with Crippen LogP contribution in [0.3, 0.4) is 0 Å². The van der Waals surface area contributed by atoms with Gasteiger partial charge < -0.3 is 20.6 Å². The molecule has 0 aromatic heterocycles. The molecule has 0 aliphatic heterocycles. The Balaban J connectivity index is 2.53. The molecule has 0 heterocycles. The third-order valence-electron chi connectivity index (χ3n) is 3.74. The smallest absolute Gasteiger partial charge is 0.317 e. The number of nitrogens with zero attached hydrogens (tertiary/aromatic N) is 1. The molecule has 114 valence electrons. The molecule has 0 aromatic rings. The maximum atomic E-state index is 12.0. The van der Waals surface area contributed by atoms with Crippen LogP contribution >= 0.6 is 0 Å². The molecule has 20 heavy (non-hydrogen) atoms. The first kappa shape index (κ1) is 16.3. The number of likely N-dealkylation sites (N-methyl/N-ethyl adjacent to an activating group) is 1. The summed E-state index contributed by atoms with van der Waals surface area (Å²) >= 11 is 0. The summed E-state index contributed by atoms with van der Waals surface area (Å²) in [5, 5.41) is 14.3. The number of hydrogen-bond donors (Lipinski definition) is 3. The van der Waals surface area contributed by atoms with Crippen LogP contribution in [0, 0.1) is 5.41 Å². The number of hydrogen-bond acceptors (Lipinski definition) is 3. The highest BCUT2D eigenvalue weighted by Gasteiger charge is 2.44. The Morgan fingerprint density at radius 3 is 2.35 bits per heavy atom. The van der Waals surface area contributed by atoms with Crippen molar-refractivity contribution in [3.8, 4) is 0 Å². The zero-order valence-corrected chi connectivity index (χ0v) is 12.1. The van der Waals surface area contributed by atoms with Gasteiger partial charge in [0, 0.05) is 20.1 Å². The number of carbonyl (C=O) groups is 3. The van der Waals surface area contributed by atoms with E-state index in [2.05, 4.69) is 10.6 Å². The molecular formula is C13H23N3O4. The number of rotatable bonds is 7. The summed E-state index contributed by atoms with van der Waals surface area (Å²) in [7, 11) is 1.51. The number of urea groups is 1. The molecule has 1 aliphatic carbocycles. The molecule has 0 unspecified atom stereocenters. The van der Waals surface area contributed by atoms with Crippen LogP contribution in [0.25, 0.3) is 0 Å². The summed E-state index contributed by atoms with van der Waals surface area (Å²) in [6, 6.07) is -0.386. The van der Waals surface area contributed by atoms with Crippen molar-refractivity contribution in [1.82, 2.24) is 15.5 Å². The standard InChI is InChI=1S/C13H23N3O4/c1-3-7-16(8-10(17)14-2)12(20)15-9-13(11(18)19)5-4-6-13/h3-9H2,1-2H3,(H,14,17)(H,15,20)(H,18,19). The highest BCUT2D eigenvalue weighted by atomic mass is 16.4. The second kappa shape index (κ2) is 7.12. The predicted octanol–water partition coefficient (Wildman–Crippen LogP) is 0.409. The SMILES string of the molecule is CCCN(CC(=O)NC)C(=O)NCC1(C(=O)O)CCC1. The highest BCUT2D eigenvalue weighted by Crippen LogP contribution is 2.40. The first-order valence-electron chi connectivity index (χ1n) is 6.92. The minimum absolute atomic E-state index is 0.0176. The van der Waals surface area contributed by atoms with E-state index in [-0.39, 0.29) is 25.0 Å². The van der Waals surface area contributed by atoms with Gasteiger partial charge in [0.05, 0.1) is 5.41 Å². The van der Waals surface area contributed by atoms with Gasteiger partial charge in [-0.15, -0.1) is 0 Å². The molecule has 1 rings (SSSR count). The predicted molar refractivity (Wildman–Crippen MR) is 73.2 cm³/mol. The molecule has 7 nitrogen and oxygen atoms in total. The van der Waals surface area contributed by atoms with Crippen molar-refractivity contribution >= 4 is 17.9 Å². The average Bonchev–Trinajstić information content (AvgIpc) is 2.36. The molecular weight excluding hydrogens is 262 g/mol. The van der Waals surface area contributed by atoms with Gasteiger partial charge in [-0.25, -0.2) is 4.79 Å². The largest absolute Gasteiger partial charge is 0.481 e. The fourth-order valence-electron chi connectivity index (χ4n) is 2.20. The topological polar surface area (TPSA) is 98.7 Å². The van der Waals surface area contributed by atoms with Crippen LogP contribution in [0.2, 0.25) is 0 Å². The summed E-state index contributed by atoms with van der Waals surface area (Å²) in [6.07, 6.45) is 2.78. The monoisotopic (exact) mass is 285 g/mol. The third kappa shape index (κ3) is 3.85. The van der Waals surface area contributed by atoms with E-state index in [9.17, 15) is 19.5 Å². The Morgan fingerprint density at radius 2 is 1.95 bits per heavy atom. The molecule has 7 heteroatoms. The van der Waals surface area contributed by atoms with Crippen LogP contribution in [-0.4, -0.2) is 54.6 Å². The molecule has 1 saturated carbocycles. The van der Waals surface area contributed by atoms with Crippen LogP contribution < -0.4 is 10.6 Å². The van der Waals surface area contributed by atoms with E-state index in [0.29, 0.717) is 19.4 Å². The van der Waals surface area contributed by atoms with Gasteiger partial charge in [-0.2, -0.15) is 0 Å². The van der Waals surface area contributed by atoms with Gasteiger partial charge in [-0.3, -0.25) is 9.59 Å². The Hall–Kier alpha value is -1.79. The molecule has 3 N–H and O–H groups in total. The van der Waals surface area contributed by atoms with E-state index >= 15 is 0 Å². The molecule has 3 amide bonds. The van der Waals surface area contributed by atoms with Crippen LogP contribution in [0.1, 0.15) is 32.6 Å². The van der Waals surface area contributed by atoms with Crippen LogP contribution in [0.5, 0.6) is 0 Å². The van der Waals surface area contributed by atoms with Gasteiger partial charge in [0.15, 0.2) is 0 Å². The molecule has 0 atom stereocenters. The first-order chi connectivity index (χ1) is 9.45. The lowest BCUT2D eigenvalue weighted by atomic mass is 9.69. The molecule has 0 saturated heterocycles. The summed E-state index contributed by atoms with van der Waals surface area (Å²) < 4.78 is 0. The van der Waals surface area contributed by atoms with E-state index in [4.69, 9.17) is 0 Å². The second-order valence-electron chi connectivity index (χ2n) is 5.19. The minimum atomic E-state index is -0.864. The van der Waals surface area contributed by atoms with E-state index in [0.717, 1.165) is 12.8 Å². The summed E-state index contributed by atoms with van der Waals surface area (Å²) in [4.78, 5) is 36.0. The Morgan fingerprint density at radius 1 is 1.30 bits per heavy atom.